The smallest absolute Gasteiger partial charge is 0.122 e. The molecule has 3 nitrogen and oxygen atoms in total. The van der Waals surface area contributed by atoms with Gasteiger partial charge in [0.2, 0.25) is 0 Å². The fourth-order valence-electron chi connectivity index (χ4n) is 2.09. The van der Waals surface area contributed by atoms with Crippen LogP contribution >= 0.6 is 0 Å². The number of ether oxygens (including phenoxy) is 2. The minimum absolute atomic E-state index is 0.660. The number of fused-ring (bicyclic) bond motifs is 1. The minimum Gasteiger partial charge on any atom is -0.493 e. The Morgan fingerprint density at radius 2 is 2.31 bits per heavy atom. The van der Waals surface area contributed by atoms with Crippen LogP contribution in [0.25, 0.3) is 0 Å². The summed E-state index contributed by atoms with van der Waals surface area (Å²) < 4.78 is 10.7. The molecule has 0 aliphatic carbocycles. The van der Waals surface area contributed by atoms with Crippen LogP contribution in [-0.4, -0.2) is 32.4 Å². The highest BCUT2D eigenvalue weighted by atomic mass is 16.5. The van der Waals surface area contributed by atoms with Gasteiger partial charge in [-0.2, -0.15) is 0 Å². The van der Waals surface area contributed by atoms with Crippen LogP contribution in [0.5, 0.6) is 5.75 Å². The Morgan fingerprint density at radius 1 is 1.44 bits per heavy atom. The number of nitrogens with zero attached hydrogens (tertiary/aromatic N) is 1. The van der Waals surface area contributed by atoms with Crippen LogP contribution in [0, 0.1) is 0 Å². The van der Waals surface area contributed by atoms with E-state index in [2.05, 4.69) is 30.1 Å². The van der Waals surface area contributed by atoms with Crippen LogP contribution < -0.4 is 4.74 Å². The van der Waals surface area contributed by atoms with Crippen LogP contribution in [0.3, 0.4) is 0 Å². The summed E-state index contributed by atoms with van der Waals surface area (Å²) in [5.74, 6) is 1.06. The number of hydrogen-bond donors (Lipinski definition) is 0. The molecule has 3 heteroatoms. The van der Waals surface area contributed by atoms with Gasteiger partial charge in [0.05, 0.1) is 13.3 Å². The maximum Gasteiger partial charge on any atom is 0.122 e. The van der Waals surface area contributed by atoms with Gasteiger partial charge in [0.1, 0.15) is 5.75 Å². The van der Waals surface area contributed by atoms with Gasteiger partial charge in [-0.05, 0) is 37.1 Å². The molecule has 1 aliphatic heterocycles. The van der Waals surface area contributed by atoms with E-state index < -0.39 is 0 Å². The van der Waals surface area contributed by atoms with Crippen molar-refractivity contribution < 1.29 is 9.47 Å². The van der Waals surface area contributed by atoms with Gasteiger partial charge in [-0.25, -0.2) is 0 Å². The van der Waals surface area contributed by atoms with E-state index in [0.717, 1.165) is 31.7 Å². The van der Waals surface area contributed by atoms with Crippen molar-refractivity contribution in [2.75, 3.05) is 27.5 Å². The first-order valence-electron chi connectivity index (χ1n) is 5.71. The third kappa shape index (κ3) is 2.74. The van der Waals surface area contributed by atoms with Crippen LogP contribution in [0.4, 0.5) is 0 Å². The zero-order chi connectivity index (χ0) is 11.4. The summed E-state index contributed by atoms with van der Waals surface area (Å²) in [5.41, 5.74) is 2.67. The Balaban J connectivity index is 2.05. The number of rotatable bonds is 4. The third-order valence-corrected chi connectivity index (χ3v) is 2.77. The van der Waals surface area contributed by atoms with E-state index in [-0.39, 0.29) is 0 Å². The van der Waals surface area contributed by atoms with Gasteiger partial charge in [-0.1, -0.05) is 12.1 Å². The molecular formula is C13H19NO2. The molecule has 0 spiro atoms. The second-order valence-electron chi connectivity index (χ2n) is 4.33. The number of aryl methyl sites for hydroxylation is 1. The Labute approximate surface area is 97.0 Å². The fraction of sp³-hybridized carbons (Fsp3) is 0.538. The van der Waals surface area contributed by atoms with Crippen LogP contribution in [0.1, 0.15) is 17.5 Å². The van der Waals surface area contributed by atoms with Gasteiger partial charge in [0.15, 0.2) is 0 Å². The van der Waals surface area contributed by atoms with Crippen molar-refractivity contribution in [1.82, 2.24) is 4.90 Å². The SMILES string of the molecule is COCN(C)Cc1ccc2c(c1)CCCO2. The molecule has 0 atom stereocenters. The molecule has 1 aromatic carbocycles. The predicted octanol–water partition coefficient (Wildman–Crippen LogP) is 2.05. The molecule has 0 bridgehead atoms. The van der Waals surface area contributed by atoms with E-state index in [1.807, 2.05) is 0 Å². The lowest BCUT2D eigenvalue weighted by atomic mass is 10.0. The van der Waals surface area contributed by atoms with Crippen molar-refractivity contribution in [3.8, 4) is 5.75 Å². The van der Waals surface area contributed by atoms with E-state index in [1.54, 1.807) is 7.11 Å². The lowest BCUT2D eigenvalue weighted by molar-refractivity contribution is 0.0771. The Hall–Kier alpha value is -1.06. The first-order chi connectivity index (χ1) is 7.79. The summed E-state index contributed by atoms with van der Waals surface area (Å²) in [6.07, 6.45) is 2.27. The van der Waals surface area contributed by atoms with Gasteiger partial charge < -0.3 is 9.47 Å². The van der Waals surface area contributed by atoms with Gasteiger partial charge >= 0.3 is 0 Å². The molecular weight excluding hydrogens is 202 g/mol. The van der Waals surface area contributed by atoms with Crippen LogP contribution in [-0.2, 0) is 17.7 Å². The lowest BCUT2D eigenvalue weighted by Gasteiger charge is -2.20. The van der Waals surface area contributed by atoms with Crippen molar-refractivity contribution in [2.24, 2.45) is 0 Å². The molecule has 1 heterocycles. The maximum absolute atomic E-state index is 5.59. The Bertz CT molecular complexity index is 352. The zero-order valence-corrected chi connectivity index (χ0v) is 10.0. The van der Waals surface area contributed by atoms with Gasteiger partial charge in [-0.3, -0.25) is 4.90 Å². The summed E-state index contributed by atoms with van der Waals surface area (Å²) in [5, 5.41) is 0. The average Bonchev–Trinajstić information content (AvgIpc) is 2.29. The molecule has 0 unspecified atom stereocenters. The highest BCUT2D eigenvalue weighted by Gasteiger charge is 2.10. The van der Waals surface area contributed by atoms with E-state index in [0.29, 0.717) is 6.73 Å². The molecule has 0 fully saturated rings. The van der Waals surface area contributed by atoms with Crippen molar-refractivity contribution in [3.05, 3.63) is 29.3 Å². The topological polar surface area (TPSA) is 21.7 Å². The van der Waals surface area contributed by atoms with E-state index >= 15 is 0 Å². The minimum atomic E-state index is 0.660. The quantitative estimate of drug-likeness (QED) is 0.726. The largest absolute Gasteiger partial charge is 0.493 e. The standard InChI is InChI=1S/C13H19NO2/c1-14(10-15-2)9-11-5-6-13-12(8-11)4-3-7-16-13/h5-6,8H,3-4,7,9-10H2,1-2H3. The predicted molar refractivity (Wildman–Crippen MR) is 63.6 cm³/mol. The summed E-state index contributed by atoms with van der Waals surface area (Å²) in [4.78, 5) is 2.14. The molecule has 88 valence electrons. The molecule has 0 saturated heterocycles. The molecule has 2 rings (SSSR count). The monoisotopic (exact) mass is 221 g/mol. The average molecular weight is 221 g/mol. The van der Waals surface area contributed by atoms with Crippen molar-refractivity contribution in [1.29, 1.82) is 0 Å². The number of benzene rings is 1. The highest BCUT2D eigenvalue weighted by Crippen LogP contribution is 2.25. The van der Waals surface area contributed by atoms with Gasteiger partial charge in [0.25, 0.3) is 0 Å². The summed E-state index contributed by atoms with van der Waals surface area (Å²) in [6, 6.07) is 6.47. The van der Waals surface area contributed by atoms with Crippen molar-refractivity contribution >= 4 is 0 Å². The molecule has 0 amide bonds. The van der Waals surface area contributed by atoms with Crippen molar-refractivity contribution in [3.63, 3.8) is 0 Å². The second kappa shape index (κ2) is 5.32. The van der Waals surface area contributed by atoms with Crippen molar-refractivity contribution in [2.45, 2.75) is 19.4 Å². The molecule has 0 N–H and O–H groups in total. The number of hydrogen-bond acceptors (Lipinski definition) is 3. The molecule has 0 radical (unpaired) electrons. The lowest BCUT2D eigenvalue weighted by Crippen LogP contribution is -2.20. The third-order valence-electron chi connectivity index (χ3n) is 2.77. The molecule has 0 aromatic heterocycles. The first kappa shape index (κ1) is 11.4. The molecule has 1 aliphatic rings. The van der Waals surface area contributed by atoms with E-state index in [4.69, 9.17) is 9.47 Å². The Morgan fingerprint density at radius 3 is 3.12 bits per heavy atom. The van der Waals surface area contributed by atoms with Gasteiger partial charge in [-0.15, -0.1) is 0 Å². The molecule has 16 heavy (non-hydrogen) atoms. The summed E-state index contributed by atoms with van der Waals surface area (Å²) >= 11 is 0. The van der Waals surface area contributed by atoms with E-state index in [9.17, 15) is 0 Å². The summed E-state index contributed by atoms with van der Waals surface area (Å²) in [6.45, 7) is 2.44. The number of methoxy groups -OCH3 is 1. The zero-order valence-electron chi connectivity index (χ0n) is 10.0. The molecule has 0 saturated carbocycles. The fourth-order valence-corrected chi connectivity index (χ4v) is 2.09. The maximum atomic E-state index is 5.59. The van der Waals surface area contributed by atoms with Gasteiger partial charge in [0, 0.05) is 13.7 Å². The Kier molecular flexibility index (Phi) is 3.80. The first-order valence-corrected chi connectivity index (χ1v) is 5.71. The molecule has 1 aromatic rings. The summed E-state index contributed by atoms with van der Waals surface area (Å²) in [7, 11) is 3.77. The van der Waals surface area contributed by atoms with Crippen LogP contribution in [0.15, 0.2) is 18.2 Å². The highest BCUT2D eigenvalue weighted by molar-refractivity contribution is 5.38. The van der Waals surface area contributed by atoms with Crippen LogP contribution in [0.2, 0.25) is 0 Å². The normalized spacial score (nSPS) is 14.7. The van der Waals surface area contributed by atoms with E-state index in [1.165, 1.54) is 11.1 Å². The second-order valence-corrected chi connectivity index (χ2v) is 4.33.